The lowest BCUT2D eigenvalue weighted by molar-refractivity contribution is 0.288. The van der Waals surface area contributed by atoms with E-state index >= 15 is 0 Å². The number of rotatable bonds is 9. The lowest BCUT2D eigenvalue weighted by Gasteiger charge is -2.13. The second kappa shape index (κ2) is 9.49. The van der Waals surface area contributed by atoms with Gasteiger partial charge in [0.15, 0.2) is 12.0 Å². The van der Waals surface area contributed by atoms with Gasteiger partial charge in [-0.1, -0.05) is 31.9 Å². The predicted octanol–water partition coefficient (Wildman–Crippen LogP) is 4.93. The van der Waals surface area contributed by atoms with Crippen molar-refractivity contribution < 1.29 is 18.3 Å². The highest BCUT2D eigenvalue weighted by Crippen LogP contribution is 2.29. The number of aryl methyl sites for hydroxylation is 1. The van der Waals surface area contributed by atoms with Crippen molar-refractivity contribution in [2.45, 2.75) is 52.3 Å². The number of unbranched alkanes of at least 4 members (excludes halogenated alkanes) is 2. The van der Waals surface area contributed by atoms with Gasteiger partial charge in [-0.05, 0) is 43.0 Å². The van der Waals surface area contributed by atoms with Crippen LogP contribution in [-0.4, -0.2) is 17.1 Å². The van der Waals surface area contributed by atoms with E-state index in [4.69, 9.17) is 13.9 Å². The summed E-state index contributed by atoms with van der Waals surface area (Å²) < 4.78 is 30.3. The van der Waals surface area contributed by atoms with Crippen LogP contribution in [0.4, 0.5) is 4.39 Å². The maximum absolute atomic E-state index is 13.9. The number of nitrogens with zero attached hydrogens (tertiary/aromatic N) is 2. The summed E-state index contributed by atoms with van der Waals surface area (Å²) in [6, 6.07) is 8.87. The Morgan fingerprint density at radius 2 is 1.93 bits per heavy atom. The molecule has 3 rings (SSSR count). The van der Waals surface area contributed by atoms with Crippen LogP contribution in [0.15, 0.2) is 39.5 Å². The molecule has 2 heterocycles. The minimum atomic E-state index is -1.42. The van der Waals surface area contributed by atoms with E-state index in [9.17, 15) is 9.18 Å². The third kappa shape index (κ3) is 5.10. The van der Waals surface area contributed by atoms with Crippen molar-refractivity contribution >= 4 is 11.1 Å². The molecule has 0 N–H and O–H groups in total. The fourth-order valence-corrected chi connectivity index (χ4v) is 3.04. The Morgan fingerprint density at radius 3 is 2.59 bits per heavy atom. The summed E-state index contributed by atoms with van der Waals surface area (Å²) in [5.74, 6) is 0.895. The summed E-state index contributed by atoms with van der Waals surface area (Å²) in [6.07, 6.45) is 2.25. The number of halogens is 1. The average Bonchev–Trinajstić information content (AvgIpc) is 2.71. The van der Waals surface area contributed by atoms with Gasteiger partial charge in [0.2, 0.25) is 11.6 Å². The standard InChI is InChI=1S/C22H25FN2O4/c1-4-5-6-7-16-12-18(26)29-22-19(16)21(24-20(25-22)14(2)23)28-13-15-8-10-17(27-3)11-9-15/h8-12,14H,4-7,13H2,1-3H3. The molecule has 0 saturated heterocycles. The van der Waals surface area contributed by atoms with Gasteiger partial charge in [-0.2, -0.15) is 9.97 Å². The molecule has 1 atom stereocenters. The van der Waals surface area contributed by atoms with Gasteiger partial charge in [-0.15, -0.1) is 0 Å². The van der Waals surface area contributed by atoms with E-state index in [2.05, 4.69) is 16.9 Å². The molecule has 0 fully saturated rings. The molecule has 1 aromatic carbocycles. The molecule has 6 nitrogen and oxygen atoms in total. The molecule has 0 radical (unpaired) electrons. The SMILES string of the molecule is CCCCCc1cc(=O)oc2nc(C(C)F)nc(OCc3ccc(OC)cc3)c12. The molecule has 0 aliphatic rings. The van der Waals surface area contributed by atoms with E-state index in [1.807, 2.05) is 24.3 Å². The van der Waals surface area contributed by atoms with Crippen LogP contribution < -0.4 is 15.1 Å². The highest BCUT2D eigenvalue weighted by molar-refractivity contribution is 5.82. The Kier molecular flexibility index (Phi) is 6.80. The fourth-order valence-electron chi connectivity index (χ4n) is 3.04. The molecule has 2 aromatic heterocycles. The minimum absolute atomic E-state index is 0.0585. The number of fused-ring (bicyclic) bond motifs is 1. The van der Waals surface area contributed by atoms with Crippen molar-refractivity contribution in [3.63, 3.8) is 0 Å². The zero-order valence-electron chi connectivity index (χ0n) is 16.9. The summed E-state index contributed by atoms with van der Waals surface area (Å²) in [5, 5.41) is 0.526. The van der Waals surface area contributed by atoms with Gasteiger partial charge >= 0.3 is 5.63 Å². The first-order chi connectivity index (χ1) is 14.0. The van der Waals surface area contributed by atoms with Crippen molar-refractivity contribution in [3.8, 4) is 11.6 Å². The number of methoxy groups -OCH3 is 1. The summed E-state index contributed by atoms with van der Waals surface area (Å²) in [5.41, 5.74) is 1.20. The largest absolute Gasteiger partial charge is 0.497 e. The second-order valence-corrected chi connectivity index (χ2v) is 6.87. The molecule has 0 amide bonds. The van der Waals surface area contributed by atoms with Crippen LogP contribution in [0.1, 0.15) is 56.2 Å². The third-order valence-electron chi connectivity index (χ3n) is 4.61. The maximum atomic E-state index is 13.9. The fraction of sp³-hybridized carbons (Fsp3) is 0.409. The Morgan fingerprint density at radius 1 is 1.17 bits per heavy atom. The van der Waals surface area contributed by atoms with Crippen LogP contribution in [-0.2, 0) is 13.0 Å². The molecule has 0 saturated carbocycles. The highest BCUT2D eigenvalue weighted by atomic mass is 19.1. The minimum Gasteiger partial charge on any atom is -0.497 e. The second-order valence-electron chi connectivity index (χ2n) is 6.87. The van der Waals surface area contributed by atoms with Crippen LogP contribution in [0.5, 0.6) is 11.6 Å². The van der Waals surface area contributed by atoms with E-state index < -0.39 is 11.8 Å². The van der Waals surface area contributed by atoms with Crippen molar-refractivity contribution in [2.24, 2.45) is 0 Å². The Hall–Kier alpha value is -2.96. The van der Waals surface area contributed by atoms with E-state index in [1.54, 1.807) is 7.11 Å². The van der Waals surface area contributed by atoms with Crippen LogP contribution in [0.25, 0.3) is 11.1 Å². The van der Waals surface area contributed by atoms with Crippen LogP contribution >= 0.6 is 0 Å². The smallest absolute Gasteiger partial charge is 0.337 e. The van der Waals surface area contributed by atoms with Crippen molar-refractivity contribution in [1.82, 2.24) is 9.97 Å². The first kappa shape index (κ1) is 20.8. The number of hydrogen-bond acceptors (Lipinski definition) is 6. The van der Waals surface area contributed by atoms with E-state index in [0.717, 1.165) is 36.1 Å². The molecule has 7 heteroatoms. The molecule has 0 aliphatic carbocycles. The van der Waals surface area contributed by atoms with Gasteiger partial charge in [0.25, 0.3) is 0 Å². The Bertz CT molecular complexity index is 1020. The van der Waals surface area contributed by atoms with Crippen molar-refractivity contribution in [3.05, 3.63) is 57.7 Å². The lowest BCUT2D eigenvalue weighted by Crippen LogP contribution is -2.08. The number of aromatic nitrogens is 2. The molecule has 0 spiro atoms. The van der Waals surface area contributed by atoms with Gasteiger partial charge in [-0.25, -0.2) is 9.18 Å². The van der Waals surface area contributed by atoms with Crippen LogP contribution in [0.2, 0.25) is 0 Å². The zero-order valence-corrected chi connectivity index (χ0v) is 16.9. The number of ether oxygens (including phenoxy) is 2. The molecule has 1 unspecified atom stereocenters. The monoisotopic (exact) mass is 400 g/mol. The highest BCUT2D eigenvalue weighted by Gasteiger charge is 2.19. The van der Waals surface area contributed by atoms with E-state index in [1.165, 1.54) is 13.0 Å². The first-order valence-corrected chi connectivity index (χ1v) is 9.76. The zero-order chi connectivity index (χ0) is 20.8. The molecule has 0 aliphatic heterocycles. The average molecular weight is 400 g/mol. The van der Waals surface area contributed by atoms with Gasteiger partial charge in [-0.3, -0.25) is 0 Å². The quantitative estimate of drug-likeness (QED) is 0.474. The van der Waals surface area contributed by atoms with Gasteiger partial charge in [0, 0.05) is 6.07 Å². The lowest BCUT2D eigenvalue weighted by atomic mass is 10.1. The normalized spacial score (nSPS) is 12.1. The van der Waals surface area contributed by atoms with Crippen LogP contribution in [0, 0.1) is 0 Å². The third-order valence-corrected chi connectivity index (χ3v) is 4.61. The summed E-state index contributed by atoms with van der Waals surface area (Å²) in [4.78, 5) is 20.4. The number of hydrogen-bond donors (Lipinski definition) is 0. The molecule has 0 bridgehead atoms. The molecular formula is C22H25FN2O4. The topological polar surface area (TPSA) is 74.5 Å². The van der Waals surface area contributed by atoms with Crippen LogP contribution in [0.3, 0.4) is 0 Å². The summed E-state index contributed by atoms with van der Waals surface area (Å²) in [6.45, 7) is 3.67. The number of alkyl halides is 1. The van der Waals surface area contributed by atoms with Gasteiger partial charge in [0.1, 0.15) is 17.7 Å². The molecule has 154 valence electrons. The summed E-state index contributed by atoms with van der Waals surface area (Å²) in [7, 11) is 1.60. The molecular weight excluding hydrogens is 375 g/mol. The predicted molar refractivity (Wildman–Crippen MR) is 108 cm³/mol. The van der Waals surface area contributed by atoms with Gasteiger partial charge in [0.05, 0.1) is 7.11 Å². The van der Waals surface area contributed by atoms with Crippen molar-refractivity contribution in [1.29, 1.82) is 0 Å². The maximum Gasteiger partial charge on any atom is 0.337 e. The molecule has 3 aromatic rings. The summed E-state index contributed by atoms with van der Waals surface area (Å²) >= 11 is 0. The first-order valence-electron chi connectivity index (χ1n) is 9.76. The van der Waals surface area contributed by atoms with E-state index in [0.29, 0.717) is 11.8 Å². The molecule has 29 heavy (non-hydrogen) atoms. The van der Waals surface area contributed by atoms with Gasteiger partial charge < -0.3 is 13.9 Å². The Balaban J connectivity index is 2.00. The number of benzene rings is 1. The van der Waals surface area contributed by atoms with Crippen molar-refractivity contribution in [2.75, 3.05) is 7.11 Å². The van der Waals surface area contributed by atoms with E-state index in [-0.39, 0.29) is 24.0 Å². The Labute approximate surface area is 168 Å².